The van der Waals surface area contributed by atoms with Gasteiger partial charge in [-0.3, -0.25) is 4.79 Å². The topological polar surface area (TPSA) is 118 Å². The summed E-state index contributed by atoms with van der Waals surface area (Å²) in [5.41, 5.74) is 1.76. The van der Waals surface area contributed by atoms with Gasteiger partial charge in [0.2, 0.25) is 10.0 Å². The average Bonchev–Trinajstić information content (AvgIpc) is 3.03. The molecule has 0 saturated carbocycles. The Labute approximate surface area is 195 Å². The summed E-state index contributed by atoms with van der Waals surface area (Å²) in [5, 5.41) is 2.72. The number of sulfonamides is 1. The number of benzene rings is 1. The number of carbonyl (C=O) groups excluding carboxylic acids is 2. The molecular formula is C23H33N3O6S. The minimum Gasteiger partial charge on any atom is -0.492 e. The highest BCUT2D eigenvalue weighted by Gasteiger charge is 2.27. The van der Waals surface area contributed by atoms with Gasteiger partial charge in [-0.15, -0.1) is 0 Å². The summed E-state index contributed by atoms with van der Waals surface area (Å²) >= 11 is 0. The zero-order valence-corrected chi connectivity index (χ0v) is 21.1. The summed E-state index contributed by atoms with van der Waals surface area (Å²) in [6, 6.07) is 4.48. The lowest BCUT2D eigenvalue weighted by Crippen LogP contribution is -2.31. The summed E-state index contributed by atoms with van der Waals surface area (Å²) in [4.78, 5) is 28.3. The number of aromatic nitrogens is 1. The van der Waals surface area contributed by atoms with Crippen molar-refractivity contribution in [2.24, 2.45) is 0 Å². The maximum absolute atomic E-state index is 13.1. The standard InChI is InChI=1S/C23H33N3O6S/c1-8-26(9-2)33(29,30)19-13-17(11-12-18(19)31-10-3)25-22(27)21-15(6)20(16(7)24-21)23(28)32-14(4)5/h11-14,24H,8-10H2,1-7H3,(H,25,27). The fourth-order valence-electron chi connectivity index (χ4n) is 3.51. The van der Waals surface area contributed by atoms with Gasteiger partial charge in [0, 0.05) is 24.5 Å². The van der Waals surface area contributed by atoms with Gasteiger partial charge < -0.3 is 19.8 Å². The van der Waals surface area contributed by atoms with E-state index in [1.54, 1.807) is 54.5 Å². The predicted molar refractivity (Wildman–Crippen MR) is 126 cm³/mol. The van der Waals surface area contributed by atoms with E-state index in [2.05, 4.69) is 10.3 Å². The summed E-state index contributed by atoms with van der Waals surface area (Å²) < 4.78 is 38.4. The lowest BCUT2D eigenvalue weighted by molar-refractivity contribution is 0.0376. The van der Waals surface area contributed by atoms with Crippen LogP contribution in [0.1, 0.15) is 66.7 Å². The molecule has 0 atom stereocenters. The van der Waals surface area contributed by atoms with Crippen molar-refractivity contribution in [2.75, 3.05) is 25.0 Å². The van der Waals surface area contributed by atoms with Crippen LogP contribution in [0.5, 0.6) is 5.75 Å². The van der Waals surface area contributed by atoms with Crippen LogP contribution in [0.15, 0.2) is 23.1 Å². The van der Waals surface area contributed by atoms with Gasteiger partial charge in [0.15, 0.2) is 0 Å². The van der Waals surface area contributed by atoms with Crippen molar-refractivity contribution in [3.05, 3.63) is 40.7 Å². The van der Waals surface area contributed by atoms with E-state index in [0.29, 0.717) is 36.5 Å². The molecule has 0 aliphatic heterocycles. The number of aromatic amines is 1. The van der Waals surface area contributed by atoms with Crippen molar-refractivity contribution in [1.82, 2.24) is 9.29 Å². The molecular weight excluding hydrogens is 446 g/mol. The number of esters is 1. The van der Waals surface area contributed by atoms with E-state index in [0.717, 1.165) is 0 Å². The lowest BCUT2D eigenvalue weighted by atomic mass is 10.1. The first-order chi connectivity index (χ1) is 15.5. The third-order valence-electron chi connectivity index (χ3n) is 5.04. The second-order valence-corrected chi connectivity index (χ2v) is 9.62. The van der Waals surface area contributed by atoms with Gasteiger partial charge in [-0.1, -0.05) is 13.8 Å². The van der Waals surface area contributed by atoms with Crippen molar-refractivity contribution in [3.8, 4) is 5.75 Å². The summed E-state index contributed by atoms with van der Waals surface area (Å²) in [6.45, 7) is 13.0. The van der Waals surface area contributed by atoms with Crippen LogP contribution >= 0.6 is 0 Å². The molecule has 182 valence electrons. The Morgan fingerprint density at radius 3 is 2.30 bits per heavy atom. The zero-order chi connectivity index (χ0) is 24.9. The van der Waals surface area contributed by atoms with Gasteiger partial charge in [0.05, 0.1) is 18.3 Å². The number of aryl methyl sites for hydroxylation is 1. The minimum atomic E-state index is -3.82. The smallest absolute Gasteiger partial charge is 0.340 e. The van der Waals surface area contributed by atoms with Crippen LogP contribution in [0.25, 0.3) is 0 Å². The number of carbonyl (C=O) groups is 2. The van der Waals surface area contributed by atoms with Crippen molar-refractivity contribution < 1.29 is 27.5 Å². The highest BCUT2D eigenvalue weighted by molar-refractivity contribution is 7.89. The average molecular weight is 480 g/mol. The number of H-pyrrole nitrogens is 1. The van der Waals surface area contributed by atoms with Crippen LogP contribution < -0.4 is 10.1 Å². The van der Waals surface area contributed by atoms with Crippen LogP contribution in [0.4, 0.5) is 5.69 Å². The molecule has 33 heavy (non-hydrogen) atoms. The third-order valence-corrected chi connectivity index (χ3v) is 7.11. The summed E-state index contributed by atoms with van der Waals surface area (Å²) in [7, 11) is -3.82. The second kappa shape index (κ2) is 10.8. The van der Waals surface area contributed by atoms with Gasteiger partial charge in [-0.2, -0.15) is 4.31 Å². The predicted octanol–water partition coefficient (Wildman–Crippen LogP) is 3.88. The number of amides is 1. The van der Waals surface area contributed by atoms with E-state index in [1.165, 1.54) is 16.4 Å². The fraction of sp³-hybridized carbons (Fsp3) is 0.478. The molecule has 2 aromatic rings. The largest absolute Gasteiger partial charge is 0.492 e. The van der Waals surface area contributed by atoms with Crippen molar-refractivity contribution in [2.45, 2.75) is 59.5 Å². The monoisotopic (exact) mass is 479 g/mol. The van der Waals surface area contributed by atoms with Crippen LogP contribution in [0, 0.1) is 13.8 Å². The van der Waals surface area contributed by atoms with Crippen molar-refractivity contribution >= 4 is 27.6 Å². The zero-order valence-electron chi connectivity index (χ0n) is 20.2. The number of ether oxygens (including phenoxy) is 2. The van der Waals surface area contributed by atoms with E-state index >= 15 is 0 Å². The molecule has 0 fully saturated rings. The van der Waals surface area contributed by atoms with Crippen molar-refractivity contribution in [3.63, 3.8) is 0 Å². The summed E-state index contributed by atoms with van der Waals surface area (Å²) in [5.74, 6) is -0.800. The van der Waals surface area contributed by atoms with E-state index in [-0.39, 0.29) is 28.1 Å². The highest BCUT2D eigenvalue weighted by atomic mass is 32.2. The molecule has 2 rings (SSSR count). The molecule has 0 bridgehead atoms. The molecule has 1 amide bonds. The molecule has 0 aliphatic rings. The van der Waals surface area contributed by atoms with Crippen LogP contribution in [-0.4, -0.2) is 55.4 Å². The molecule has 9 nitrogen and oxygen atoms in total. The number of anilines is 1. The molecule has 0 aliphatic carbocycles. The van der Waals surface area contributed by atoms with Gasteiger partial charge in [-0.05, 0) is 58.4 Å². The van der Waals surface area contributed by atoms with E-state index < -0.39 is 21.9 Å². The number of rotatable bonds is 10. The number of hydrogen-bond donors (Lipinski definition) is 2. The fourth-order valence-corrected chi connectivity index (χ4v) is 5.13. The minimum absolute atomic E-state index is 0.0218. The molecule has 2 N–H and O–H groups in total. The Kier molecular flexibility index (Phi) is 8.68. The van der Waals surface area contributed by atoms with Crippen LogP contribution in [0.3, 0.4) is 0 Å². The summed E-state index contributed by atoms with van der Waals surface area (Å²) in [6.07, 6.45) is -0.293. The molecule has 10 heteroatoms. The quantitative estimate of drug-likeness (QED) is 0.500. The van der Waals surface area contributed by atoms with E-state index in [4.69, 9.17) is 9.47 Å². The normalized spacial score (nSPS) is 11.7. The highest BCUT2D eigenvalue weighted by Crippen LogP contribution is 2.30. The molecule has 0 radical (unpaired) electrons. The first kappa shape index (κ1) is 26.4. The van der Waals surface area contributed by atoms with Crippen molar-refractivity contribution in [1.29, 1.82) is 0 Å². The lowest BCUT2D eigenvalue weighted by Gasteiger charge is -2.21. The Bertz CT molecular complexity index is 1120. The maximum atomic E-state index is 13.1. The first-order valence-corrected chi connectivity index (χ1v) is 12.4. The van der Waals surface area contributed by atoms with Gasteiger partial charge in [-0.25, -0.2) is 13.2 Å². The number of nitrogens with zero attached hydrogens (tertiary/aromatic N) is 1. The van der Waals surface area contributed by atoms with Gasteiger partial charge >= 0.3 is 5.97 Å². The molecule has 0 saturated heterocycles. The van der Waals surface area contributed by atoms with Gasteiger partial charge in [0.1, 0.15) is 16.3 Å². The number of nitrogens with one attached hydrogen (secondary N) is 2. The third kappa shape index (κ3) is 5.75. The molecule has 1 aromatic heterocycles. The van der Waals surface area contributed by atoms with E-state index in [1.807, 2.05) is 0 Å². The number of hydrogen-bond acceptors (Lipinski definition) is 6. The Morgan fingerprint density at radius 2 is 1.76 bits per heavy atom. The van der Waals surface area contributed by atoms with Gasteiger partial charge in [0.25, 0.3) is 5.91 Å². The molecule has 1 aromatic carbocycles. The maximum Gasteiger partial charge on any atom is 0.340 e. The molecule has 1 heterocycles. The molecule has 0 unspecified atom stereocenters. The molecule has 0 spiro atoms. The Balaban J connectivity index is 2.42. The Hall–Kier alpha value is -2.85. The van der Waals surface area contributed by atoms with Crippen LogP contribution in [-0.2, 0) is 14.8 Å². The second-order valence-electron chi connectivity index (χ2n) is 7.72. The Morgan fingerprint density at radius 1 is 1.12 bits per heavy atom. The van der Waals surface area contributed by atoms with Crippen LogP contribution in [0.2, 0.25) is 0 Å². The van der Waals surface area contributed by atoms with E-state index in [9.17, 15) is 18.0 Å². The first-order valence-electron chi connectivity index (χ1n) is 11.0. The SMILES string of the molecule is CCOc1ccc(NC(=O)c2[nH]c(C)c(C(=O)OC(C)C)c2C)cc1S(=O)(=O)N(CC)CC.